The van der Waals surface area contributed by atoms with Crippen molar-refractivity contribution in [3.05, 3.63) is 11.2 Å². The van der Waals surface area contributed by atoms with Gasteiger partial charge in [0.25, 0.3) is 0 Å². The van der Waals surface area contributed by atoms with Gasteiger partial charge in [-0.2, -0.15) is 4.98 Å². The summed E-state index contributed by atoms with van der Waals surface area (Å²) in [6.45, 7) is 4.62. The van der Waals surface area contributed by atoms with Crippen molar-refractivity contribution in [3.8, 4) is 0 Å². The molecule has 3 unspecified atom stereocenters. The summed E-state index contributed by atoms with van der Waals surface area (Å²) in [7, 11) is 1.80. The van der Waals surface area contributed by atoms with E-state index in [1.165, 1.54) is 19.3 Å². The van der Waals surface area contributed by atoms with Crippen molar-refractivity contribution in [3.63, 3.8) is 0 Å². The molecule has 3 atom stereocenters. The van der Waals surface area contributed by atoms with Crippen LogP contribution in [0, 0.1) is 11.8 Å². The van der Waals surface area contributed by atoms with Crippen molar-refractivity contribution in [2.45, 2.75) is 39.2 Å². The van der Waals surface area contributed by atoms with Crippen molar-refractivity contribution in [2.75, 3.05) is 17.7 Å². The van der Waals surface area contributed by atoms with E-state index in [4.69, 9.17) is 11.6 Å². The van der Waals surface area contributed by atoms with Gasteiger partial charge < -0.3 is 10.6 Å². The normalized spacial score (nSPS) is 27.9. The molecule has 1 heterocycles. The van der Waals surface area contributed by atoms with E-state index in [1.807, 2.05) is 0 Å². The van der Waals surface area contributed by atoms with E-state index < -0.39 is 0 Å². The molecule has 18 heavy (non-hydrogen) atoms. The molecule has 0 aromatic carbocycles. The predicted octanol–water partition coefficient (Wildman–Crippen LogP) is 3.41. The van der Waals surface area contributed by atoms with Crippen LogP contribution in [0.15, 0.2) is 6.20 Å². The van der Waals surface area contributed by atoms with E-state index in [1.54, 1.807) is 13.2 Å². The summed E-state index contributed by atoms with van der Waals surface area (Å²) < 4.78 is 0. The molecular weight excluding hydrogens is 248 g/mol. The number of nitrogens with one attached hydrogen (secondary N) is 2. The van der Waals surface area contributed by atoms with Crippen LogP contribution in [0.2, 0.25) is 5.02 Å². The maximum Gasteiger partial charge on any atom is 0.224 e. The molecule has 4 nitrogen and oxygen atoms in total. The molecule has 1 fully saturated rings. The third-order valence-electron chi connectivity index (χ3n) is 4.00. The fourth-order valence-corrected chi connectivity index (χ4v) is 2.70. The van der Waals surface area contributed by atoms with Gasteiger partial charge in [0.1, 0.15) is 5.02 Å². The van der Waals surface area contributed by atoms with Gasteiger partial charge in [0.05, 0.1) is 6.20 Å². The van der Waals surface area contributed by atoms with Crippen LogP contribution in [-0.4, -0.2) is 23.1 Å². The van der Waals surface area contributed by atoms with Gasteiger partial charge in [-0.15, -0.1) is 0 Å². The minimum atomic E-state index is 0.450. The minimum absolute atomic E-state index is 0.450. The van der Waals surface area contributed by atoms with Crippen LogP contribution in [0.25, 0.3) is 0 Å². The SMILES string of the molecule is CNc1ncc(Cl)c(NC2CCCC(C)C2C)n1. The lowest BCUT2D eigenvalue weighted by Crippen LogP contribution is -2.35. The number of aromatic nitrogens is 2. The molecule has 2 rings (SSSR count). The number of halogens is 1. The first-order chi connectivity index (χ1) is 8.61. The zero-order chi connectivity index (χ0) is 13.1. The van der Waals surface area contributed by atoms with Crippen molar-refractivity contribution >= 4 is 23.4 Å². The van der Waals surface area contributed by atoms with Gasteiger partial charge in [0, 0.05) is 13.1 Å². The molecule has 1 aliphatic carbocycles. The summed E-state index contributed by atoms with van der Waals surface area (Å²) in [5, 5.41) is 6.99. The molecule has 1 aromatic heterocycles. The summed E-state index contributed by atoms with van der Waals surface area (Å²) in [5.41, 5.74) is 0. The summed E-state index contributed by atoms with van der Waals surface area (Å²) in [5.74, 6) is 2.73. The van der Waals surface area contributed by atoms with E-state index in [-0.39, 0.29) is 0 Å². The molecule has 1 aliphatic rings. The monoisotopic (exact) mass is 268 g/mol. The van der Waals surface area contributed by atoms with Gasteiger partial charge in [-0.25, -0.2) is 4.98 Å². The molecule has 2 N–H and O–H groups in total. The largest absolute Gasteiger partial charge is 0.366 e. The first-order valence-corrected chi connectivity index (χ1v) is 6.96. The molecule has 5 heteroatoms. The zero-order valence-corrected chi connectivity index (χ0v) is 12.0. The van der Waals surface area contributed by atoms with Crippen LogP contribution in [0.1, 0.15) is 33.1 Å². The van der Waals surface area contributed by atoms with Crippen LogP contribution < -0.4 is 10.6 Å². The quantitative estimate of drug-likeness (QED) is 0.882. The second-order valence-electron chi connectivity index (χ2n) is 5.16. The number of hydrogen-bond donors (Lipinski definition) is 2. The predicted molar refractivity (Wildman–Crippen MR) is 76.2 cm³/mol. The first-order valence-electron chi connectivity index (χ1n) is 6.58. The van der Waals surface area contributed by atoms with Crippen molar-refractivity contribution in [2.24, 2.45) is 11.8 Å². The highest BCUT2D eigenvalue weighted by molar-refractivity contribution is 6.32. The average molecular weight is 269 g/mol. The highest BCUT2D eigenvalue weighted by Gasteiger charge is 2.27. The van der Waals surface area contributed by atoms with Crippen molar-refractivity contribution < 1.29 is 0 Å². The maximum atomic E-state index is 6.14. The van der Waals surface area contributed by atoms with E-state index >= 15 is 0 Å². The third kappa shape index (κ3) is 2.86. The molecule has 1 aromatic rings. The molecule has 0 radical (unpaired) electrons. The summed E-state index contributed by atoms with van der Waals surface area (Å²) >= 11 is 6.14. The number of nitrogens with zero attached hydrogens (tertiary/aromatic N) is 2. The highest BCUT2D eigenvalue weighted by Crippen LogP contribution is 2.32. The van der Waals surface area contributed by atoms with Crippen LogP contribution in [-0.2, 0) is 0 Å². The van der Waals surface area contributed by atoms with Gasteiger partial charge in [-0.1, -0.05) is 38.3 Å². The average Bonchev–Trinajstić information content (AvgIpc) is 2.37. The van der Waals surface area contributed by atoms with Gasteiger partial charge in [0.15, 0.2) is 5.82 Å². The van der Waals surface area contributed by atoms with Crippen LogP contribution >= 0.6 is 11.6 Å². The second kappa shape index (κ2) is 5.74. The topological polar surface area (TPSA) is 49.8 Å². The Labute approximate surface area is 114 Å². The van der Waals surface area contributed by atoms with E-state index in [0.29, 0.717) is 22.9 Å². The Balaban J connectivity index is 2.12. The summed E-state index contributed by atoms with van der Waals surface area (Å²) in [4.78, 5) is 8.47. The lowest BCUT2D eigenvalue weighted by Gasteiger charge is -2.35. The minimum Gasteiger partial charge on any atom is -0.366 e. The Morgan fingerprint density at radius 2 is 2.11 bits per heavy atom. The van der Waals surface area contributed by atoms with Crippen LogP contribution in [0.5, 0.6) is 0 Å². The Kier molecular flexibility index (Phi) is 4.27. The zero-order valence-electron chi connectivity index (χ0n) is 11.2. The molecule has 100 valence electrons. The van der Waals surface area contributed by atoms with E-state index in [0.717, 1.165) is 11.7 Å². The van der Waals surface area contributed by atoms with Crippen LogP contribution in [0.3, 0.4) is 0 Å². The Morgan fingerprint density at radius 3 is 2.83 bits per heavy atom. The molecule has 1 saturated carbocycles. The highest BCUT2D eigenvalue weighted by atomic mass is 35.5. The Hall–Kier alpha value is -1.03. The molecule has 0 bridgehead atoms. The maximum absolute atomic E-state index is 6.14. The molecule has 0 spiro atoms. The fraction of sp³-hybridized carbons (Fsp3) is 0.692. The smallest absolute Gasteiger partial charge is 0.224 e. The van der Waals surface area contributed by atoms with Crippen molar-refractivity contribution in [1.29, 1.82) is 0 Å². The third-order valence-corrected chi connectivity index (χ3v) is 4.27. The van der Waals surface area contributed by atoms with Gasteiger partial charge in [-0.05, 0) is 18.3 Å². The number of rotatable bonds is 3. The second-order valence-corrected chi connectivity index (χ2v) is 5.57. The summed E-state index contributed by atoms with van der Waals surface area (Å²) in [6.07, 6.45) is 5.41. The fourth-order valence-electron chi connectivity index (χ4n) is 2.55. The first kappa shape index (κ1) is 13.4. The van der Waals surface area contributed by atoms with E-state index in [9.17, 15) is 0 Å². The standard InChI is InChI=1S/C13H21ClN4/c1-8-5-4-6-11(9(8)2)17-12-10(14)7-16-13(15-3)18-12/h7-9,11H,4-6H2,1-3H3,(H2,15,16,17,18). The number of hydrogen-bond acceptors (Lipinski definition) is 4. The van der Waals surface area contributed by atoms with Gasteiger partial charge in [0.2, 0.25) is 5.95 Å². The molecular formula is C13H21ClN4. The van der Waals surface area contributed by atoms with Gasteiger partial charge in [-0.3, -0.25) is 0 Å². The Morgan fingerprint density at radius 1 is 1.33 bits per heavy atom. The molecule has 0 saturated heterocycles. The summed E-state index contributed by atoms with van der Waals surface area (Å²) in [6, 6.07) is 0.450. The van der Waals surface area contributed by atoms with Crippen molar-refractivity contribution in [1.82, 2.24) is 9.97 Å². The number of anilines is 2. The van der Waals surface area contributed by atoms with E-state index in [2.05, 4.69) is 34.4 Å². The van der Waals surface area contributed by atoms with Gasteiger partial charge >= 0.3 is 0 Å². The molecule has 0 amide bonds. The lowest BCUT2D eigenvalue weighted by molar-refractivity contribution is 0.253. The van der Waals surface area contributed by atoms with Crippen LogP contribution in [0.4, 0.5) is 11.8 Å². The molecule has 0 aliphatic heterocycles. The Bertz CT molecular complexity index is 410. The lowest BCUT2D eigenvalue weighted by atomic mass is 9.78.